The second-order valence-corrected chi connectivity index (χ2v) is 4.35. The Morgan fingerprint density at radius 1 is 1.00 bits per heavy atom. The van der Waals surface area contributed by atoms with Crippen LogP contribution in [0.4, 0.5) is 0 Å². The van der Waals surface area contributed by atoms with Crippen LogP contribution in [0.15, 0.2) is 48.5 Å². The van der Waals surface area contributed by atoms with Crippen molar-refractivity contribution < 1.29 is 14.3 Å². The van der Waals surface area contributed by atoms with E-state index in [2.05, 4.69) is 0 Å². The fourth-order valence-corrected chi connectivity index (χ4v) is 1.94. The molecule has 0 unspecified atom stereocenters. The maximum atomic E-state index is 12.4. The Kier molecular flexibility index (Phi) is 4.38. The van der Waals surface area contributed by atoms with Crippen LogP contribution >= 0.6 is 0 Å². The summed E-state index contributed by atoms with van der Waals surface area (Å²) in [6.07, 6.45) is 0. The van der Waals surface area contributed by atoms with Gasteiger partial charge < -0.3 is 15.2 Å². The fourth-order valence-electron chi connectivity index (χ4n) is 1.94. The van der Waals surface area contributed by atoms with Gasteiger partial charge in [-0.05, 0) is 17.7 Å². The molecule has 2 aromatic rings. The minimum atomic E-state index is -0.701. The highest BCUT2D eigenvalue weighted by Gasteiger charge is 2.19. The van der Waals surface area contributed by atoms with Crippen LogP contribution in [-0.4, -0.2) is 20.0 Å². The number of hydrogen-bond donors (Lipinski definition) is 1. The van der Waals surface area contributed by atoms with Crippen molar-refractivity contribution in [2.24, 2.45) is 5.73 Å². The van der Waals surface area contributed by atoms with Crippen molar-refractivity contribution in [2.75, 3.05) is 14.2 Å². The van der Waals surface area contributed by atoms with E-state index in [9.17, 15) is 4.79 Å². The van der Waals surface area contributed by atoms with Crippen molar-refractivity contribution in [3.63, 3.8) is 0 Å². The molecular weight excluding hydrogens is 254 g/mol. The van der Waals surface area contributed by atoms with Crippen molar-refractivity contribution in [1.29, 1.82) is 0 Å². The first-order valence-electron chi connectivity index (χ1n) is 6.23. The van der Waals surface area contributed by atoms with E-state index in [0.29, 0.717) is 17.1 Å². The average molecular weight is 271 g/mol. The highest BCUT2D eigenvalue weighted by molar-refractivity contribution is 6.01. The van der Waals surface area contributed by atoms with Crippen molar-refractivity contribution in [3.8, 4) is 11.5 Å². The molecule has 0 aliphatic rings. The number of benzene rings is 2. The van der Waals surface area contributed by atoms with Crippen LogP contribution in [0, 0.1) is 0 Å². The largest absolute Gasteiger partial charge is 0.497 e. The smallest absolute Gasteiger partial charge is 0.184 e. The van der Waals surface area contributed by atoms with Gasteiger partial charge in [-0.2, -0.15) is 0 Å². The average Bonchev–Trinajstić information content (AvgIpc) is 2.53. The van der Waals surface area contributed by atoms with Gasteiger partial charge in [-0.1, -0.05) is 30.3 Å². The Balaban J connectivity index is 2.33. The van der Waals surface area contributed by atoms with E-state index in [4.69, 9.17) is 15.2 Å². The van der Waals surface area contributed by atoms with Crippen LogP contribution in [-0.2, 0) is 0 Å². The molecule has 4 heteroatoms. The molecule has 4 nitrogen and oxygen atoms in total. The predicted octanol–water partition coefficient (Wildman–Crippen LogP) is 2.59. The Morgan fingerprint density at radius 2 is 1.55 bits per heavy atom. The molecule has 0 bridgehead atoms. The van der Waals surface area contributed by atoms with E-state index < -0.39 is 6.04 Å². The van der Waals surface area contributed by atoms with Crippen molar-refractivity contribution >= 4 is 5.78 Å². The highest BCUT2D eigenvalue weighted by Crippen LogP contribution is 2.25. The molecule has 0 amide bonds. The number of Topliss-reactive ketones (excluding diaryl/α,β-unsaturated/α-hetero) is 1. The standard InChI is InChI=1S/C16H17NO3/c1-19-13-8-12(9-14(10-13)20-2)16(18)15(17)11-6-4-3-5-7-11/h3-10,15H,17H2,1-2H3/t15-/m1/s1. The topological polar surface area (TPSA) is 61.5 Å². The molecule has 0 spiro atoms. The Bertz CT molecular complexity index is 574. The molecule has 0 aromatic heterocycles. The second-order valence-electron chi connectivity index (χ2n) is 4.35. The summed E-state index contributed by atoms with van der Waals surface area (Å²) in [5.41, 5.74) is 7.27. The molecule has 0 heterocycles. The number of methoxy groups -OCH3 is 2. The van der Waals surface area contributed by atoms with Gasteiger partial charge in [0.05, 0.1) is 20.3 Å². The predicted molar refractivity (Wildman–Crippen MR) is 77.2 cm³/mol. The summed E-state index contributed by atoms with van der Waals surface area (Å²) >= 11 is 0. The molecule has 0 radical (unpaired) electrons. The van der Waals surface area contributed by atoms with Gasteiger partial charge in [0.25, 0.3) is 0 Å². The molecule has 0 saturated carbocycles. The molecule has 0 aliphatic heterocycles. The first kappa shape index (κ1) is 14.1. The molecule has 2 aromatic carbocycles. The summed E-state index contributed by atoms with van der Waals surface area (Å²) in [6, 6.07) is 13.6. The zero-order valence-corrected chi connectivity index (χ0v) is 11.5. The van der Waals surface area contributed by atoms with Crippen LogP contribution in [0.3, 0.4) is 0 Å². The Morgan fingerprint density at radius 3 is 2.05 bits per heavy atom. The normalized spacial score (nSPS) is 11.8. The lowest BCUT2D eigenvalue weighted by atomic mass is 9.98. The summed E-state index contributed by atoms with van der Waals surface area (Å²) < 4.78 is 10.3. The monoisotopic (exact) mass is 271 g/mol. The van der Waals surface area contributed by atoms with Crippen LogP contribution in [0.2, 0.25) is 0 Å². The third-order valence-corrected chi connectivity index (χ3v) is 3.08. The fraction of sp³-hybridized carbons (Fsp3) is 0.188. The quantitative estimate of drug-likeness (QED) is 0.849. The van der Waals surface area contributed by atoms with Crippen molar-refractivity contribution in [1.82, 2.24) is 0 Å². The first-order valence-corrected chi connectivity index (χ1v) is 6.23. The molecule has 2 rings (SSSR count). The van der Waals surface area contributed by atoms with E-state index in [1.54, 1.807) is 32.4 Å². The molecule has 2 N–H and O–H groups in total. The number of nitrogens with two attached hydrogens (primary N) is 1. The molecule has 1 atom stereocenters. The molecular formula is C16H17NO3. The summed E-state index contributed by atoms with van der Waals surface area (Å²) in [5.74, 6) is 0.953. The number of carbonyl (C=O) groups excluding carboxylic acids is 1. The SMILES string of the molecule is COc1cc(OC)cc(C(=O)[C@H](N)c2ccccc2)c1. The number of ether oxygens (including phenoxy) is 2. The molecule has 20 heavy (non-hydrogen) atoms. The summed E-state index contributed by atoms with van der Waals surface area (Å²) in [5, 5.41) is 0. The van der Waals surface area contributed by atoms with Crippen molar-refractivity contribution in [2.45, 2.75) is 6.04 Å². The molecule has 0 fully saturated rings. The third-order valence-electron chi connectivity index (χ3n) is 3.08. The first-order chi connectivity index (χ1) is 9.65. The summed E-state index contributed by atoms with van der Waals surface area (Å²) in [6.45, 7) is 0. The maximum Gasteiger partial charge on any atom is 0.184 e. The van der Waals surface area contributed by atoms with Crippen LogP contribution < -0.4 is 15.2 Å². The van der Waals surface area contributed by atoms with E-state index in [1.807, 2.05) is 30.3 Å². The number of hydrogen-bond acceptors (Lipinski definition) is 4. The Labute approximate surface area is 118 Å². The van der Waals surface area contributed by atoms with Gasteiger partial charge in [-0.3, -0.25) is 4.79 Å². The zero-order chi connectivity index (χ0) is 14.5. The highest BCUT2D eigenvalue weighted by atomic mass is 16.5. The van der Waals surface area contributed by atoms with Crippen LogP contribution in [0.1, 0.15) is 22.0 Å². The zero-order valence-electron chi connectivity index (χ0n) is 11.5. The van der Waals surface area contributed by atoms with Crippen LogP contribution in [0.5, 0.6) is 11.5 Å². The Hall–Kier alpha value is -2.33. The molecule has 0 saturated heterocycles. The van der Waals surface area contributed by atoms with Crippen LogP contribution in [0.25, 0.3) is 0 Å². The van der Waals surface area contributed by atoms with Gasteiger partial charge in [-0.25, -0.2) is 0 Å². The van der Waals surface area contributed by atoms with Crippen molar-refractivity contribution in [3.05, 3.63) is 59.7 Å². The lowest BCUT2D eigenvalue weighted by molar-refractivity contribution is 0.0960. The minimum absolute atomic E-state index is 0.173. The van der Waals surface area contributed by atoms with Gasteiger partial charge in [0, 0.05) is 11.6 Å². The molecule has 0 aliphatic carbocycles. The minimum Gasteiger partial charge on any atom is -0.497 e. The number of rotatable bonds is 5. The lowest BCUT2D eigenvalue weighted by Gasteiger charge is -2.13. The van der Waals surface area contributed by atoms with E-state index in [-0.39, 0.29) is 5.78 Å². The maximum absolute atomic E-state index is 12.4. The van der Waals surface area contributed by atoms with Gasteiger partial charge in [0.15, 0.2) is 5.78 Å². The molecule has 104 valence electrons. The number of ketones is 1. The summed E-state index contributed by atoms with van der Waals surface area (Å²) in [7, 11) is 3.08. The van der Waals surface area contributed by atoms with E-state index in [1.165, 1.54) is 0 Å². The second kappa shape index (κ2) is 6.21. The third kappa shape index (κ3) is 2.97. The number of carbonyl (C=O) groups is 1. The van der Waals surface area contributed by atoms with Gasteiger partial charge in [0.2, 0.25) is 0 Å². The van der Waals surface area contributed by atoms with Gasteiger partial charge in [0.1, 0.15) is 11.5 Å². The van der Waals surface area contributed by atoms with E-state index in [0.717, 1.165) is 5.56 Å². The van der Waals surface area contributed by atoms with E-state index >= 15 is 0 Å². The van der Waals surface area contributed by atoms with Gasteiger partial charge >= 0.3 is 0 Å². The van der Waals surface area contributed by atoms with Gasteiger partial charge in [-0.15, -0.1) is 0 Å². The summed E-state index contributed by atoms with van der Waals surface area (Å²) in [4.78, 5) is 12.4. The lowest BCUT2D eigenvalue weighted by Crippen LogP contribution is -2.21.